The quantitative estimate of drug-likeness (QED) is 0.884. The molecule has 0 aliphatic carbocycles. The van der Waals surface area contributed by atoms with Crippen LogP contribution >= 0.6 is 0 Å². The van der Waals surface area contributed by atoms with E-state index in [9.17, 15) is 4.79 Å². The molecule has 0 radical (unpaired) electrons. The van der Waals surface area contributed by atoms with Crippen LogP contribution in [0.25, 0.3) is 0 Å². The second kappa shape index (κ2) is 6.06. The summed E-state index contributed by atoms with van der Waals surface area (Å²) in [6.45, 7) is 2.29. The molecule has 0 aromatic heterocycles. The molecular formula is C15H22N2O2. The summed E-state index contributed by atoms with van der Waals surface area (Å²) >= 11 is 0. The molecule has 19 heavy (non-hydrogen) atoms. The highest BCUT2D eigenvalue weighted by Gasteiger charge is 2.22. The van der Waals surface area contributed by atoms with Gasteiger partial charge in [0.25, 0.3) is 5.91 Å². The Kier molecular flexibility index (Phi) is 4.43. The van der Waals surface area contributed by atoms with E-state index in [2.05, 4.69) is 6.92 Å². The van der Waals surface area contributed by atoms with E-state index in [-0.39, 0.29) is 18.6 Å². The molecule has 1 aliphatic rings. The SMILES string of the molecule is CCCCC(N)Cc1ccc2c(c1)N(C)C(=O)CO2. The number of nitrogens with two attached hydrogens (primary N) is 1. The van der Waals surface area contributed by atoms with E-state index in [1.54, 1.807) is 11.9 Å². The van der Waals surface area contributed by atoms with Gasteiger partial charge in [0.1, 0.15) is 5.75 Å². The average molecular weight is 262 g/mol. The number of hydrogen-bond donors (Lipinski definition) is 1. The highest BCUT2D eigenvalue weighted by atomic mass is 16.5. The van der Waals surface area contributed by atoms with Crippen LogP contribution in [0.1, 0.15) is 31.7 Å². The number of nitrogens with zero attached hydrogens (tertiary/aromatic N) is 1. The highest BCUT2D eigenvalue weighted by Crippen LogP contribution is 2.32. The van der Waals surface area contributed by atoms with Crippen LogP contribution in [0.2, 0.25) is 0 Å². The smallest absolute Gasteiger partial charge is 0.264 e. The Morgan fingerprint density at radius 1 is 1.47 bits per heavy atom. The van der Waals surface area contributed by atoms with Gasteiger partial charge in [0.15, 0.2) is 6.61 Å². The van der Waals surface area contributed by atoms with Crippen molar-refractivity contribution in [2.75, 3.05) is 18.6 Å². The molecule has 1 aromatic carbocycles. The third-order valence-corrected chi connectivity index (χ3v) is 3.54. The molecule has 0 saturated carbocycles. The summed E-state index contributed by atoms with van der Waals surface area (Å²) in [6, 6.07) is 6.16. The van der Waals surface area contributed by atoms with Crippen molar-refractivity contribution >= 4 is 11.6 Å². The topological polar surface area (TPSA) is 55.6 Å². The first-order valence-corrected chi connectivity index (χ1v) is 6.89. The lowest BCUT2D eigenvalue weighted by Gasteiger charge is -2.26. The van der Waals surface area contributed by atoms with Crippen molar-refractivity contribution < 1.29 is 9.53 Å². The molecular weight excluding hydrogens is 240 g/mol. The molecule has 1 heterocycles. The number of benzene rings is 1. The number of carbonyl (C=O) groups excluding carboxylic acids is 1. The van der Waals surface area contributed by atoms with Gasteiger partial charge in [-0.3, -0.25) is 4.79 Å². The third kappa shape index (κ3) is 3.26. The van der Waals surface area contributed by atoms with Gasteiger partial charge in [0.05, 0.1) is 5.69 Å². The number of anilines is 1. The van der Waals surface area contributed by atoms with Crippen LogP contribution in [0.5, 0.6) is 5.75 Å². The Morgan fingerprint density at radius 3 is 3.00 bits per heavy atom. The zero-order valence-electron chi connectivity index (χ0n) is 11.7. The van der Waals surface area contributed by atoms with Gasteiger partial charge in [0.2, 0.25) is 0 Å². The first kappa shape index (κ1) is 13.9. The minimum absolute atomic E-state index is 0.0140. The van der Waals surface area contributed by atoms with Crippen molar-refractivity contribution in [3.8, 4) is 5.75 Å². The Bertz CT molecular complexity index is 459. The maximum Gasteiger partial charge on any atom is 0.264 e. The monoisotopic (exact) mass is 262 g/mol. The number of fused-ring (bicyclic) bond motifs is 1. The summed E-state index contributed by atoms with van der Waals surface area (Å²) in [4.78, 5) is 13.3. The predicted octanol–water partition coefficient (Wildman–Crippen LogP) is 2.10. The molecule has 0 fully saturated rings. The summed E-state index contributed by atoms with van der Waals surface area (Å²) in [7, 11) is 1.78. The van der Waals surface area contributed by atoms with E-state index in [1.165, 1.54) is 6.42 Å². The number of unbranched alkanes of at least 4 members (excludes halogenated alkanes) is 1. The number of carbonyl (C=O) groups is 1. The van der Waals surface area contributed by atoms with Crippen LogP contribution in [0.3, 0.4) is 0 Å². The molecule has 0 saturated heterocycles. The number of rotatable bonds is 5. The van der Waals surface area contributed by atoms with Crippen LogP contribution in [0, 0.1) is 0 Å². The van der Waals surface area contributed by atoms with Gasteiger partial charge in [0, 0.05) is 13.1 Å². The van der Waals surface area contributed by atoms with E-state index in [1.807, 2.05) is 18.2 Å². The standard InChI is InChI=1S/C15H22N2O2/c1-3-4-5-12(16)8-11-6-7-14-13(9-11)17(2)15(18)10-19-14/h6-7,9,12H,3-5,8,10,16H2,1-2H3. The van der Waals surface area contributed by atoms with Crippen molar-refractivity contribution in [2.24, 2.45) is 5.73 Å². The van der Waals surface area contributed by atoms with Crippen molar-refractivity contribution in [2.45, 2.75) is 38.6 Å². The minimum Gasteiger partial charge on any atom is -0.482 e. The molecule has 2 rings (SSSR count). The van der Waals surface area contributed by atoms with Crippen LogP contribution in [-0.4, -0.2) is 25.6 Å². The second-order valence-electron chi connectivity index (χ2n) is 5.15. The van der Waals surface area contributed by atoms with Gasteiger partial charge >= 0.3 is 0 Å². The summed E-state index contributed by atoms with van der Waals surface area (Å²) in [5, 5.41) is 0. The van der Waals surface area contributed by atoms with E-state index < -0.39 is 0 Å². The molecule has 1 aliphatic heterocycles. The van der Waals surface area contributed by atoms with Crippen molar-refractivity contribution in [3.05, 3.63) is 23.8 Å². The molecule has 4 heteroatoms. The first-order valence-electron chi connectivity index (χ1n) is 6.89. The molecule has 1 atom stereocenters. The van der Waals surface area contributed by atoms with Gasteiger partial charge in [-0.25, -0.2) is 0 Å². The molecule has 4 nitrogen and oxygen atoms in total. The normalized spacial score (nSPS) is 15.9. The molecule has 1 unspecified atom stereocenters. The van der Waals surface area contributed by atoms with Gasteiger partial charge in [-0.15, -0.1) is 0 Å². The lowest BCUT2D eigenvalue weighted by Crippen LogP contribution is -2.35. The fourth-order valence-corrected chi connectivity index (χ4v) is 2.32. The Hall–Kier alpha value is -1.55. The number of hydrogen-bond acceptors (Lipinski definition) is 3. The minimum atomic E-state index is -0.0140. The lowest BCUT2D eigenvalue weighted by atomic mass is 10.0. The van der Waals surface area contributed by atoms with Crippen LogP contribution in [0.4, 0.5) is 5.69 Å². The van der Waals surface area contributed by atoms with Gasteiger partial charge < -0.3 is 15.4 Å². The van der Waals surface area contributed by atoms with Gasteiger partial charge in [-0.1, -0.05) is 25.8 Å². The molecule has 104 valence electrons. The summed E-state index contributed by atoms with van der Waals surface area (Å²) in [6.07, 6.45) is 4.21. The highest BCUT2D eigenvalue weighted by molar-refractivity contribution is 5.97. The molecule has 2 N–H and O–H groups in total. The zero-order chi connectivity index (χ0) is 13.8. The maximum absolute atomic E-state index is 11.6. The first-order chi connectivity index (χ1) is 9.11. The largest absolute Gasteiger partial charge is 0.482 e. The zero-order valence-corrected chi connectivity index (χ0v) is 11.7. The van der Waals surface area contributed by atoms with Gasteiger partial charge in [-0.05, 0) is 30.5 Å². The fourth-order valence-electron chi connectivity index (χ4n) is 2.32. The van der Waals surface area contributed by atoms with Crippen LogP contribution in [0.15, 0.2) is 18.2 Å². The summed E-state index contributed by atoms with van der Waals surface area (Å²) < 4.78 is 5.41. The second-order valence-corrected chi connectivity index (χ2v) is 5.15. The third-order valence-electron chi connectivity index (χ3n) is 3.54. The summed E-state index contributed by atoms with van der Waals surface area (Å²) in [5.41, 5.74) is 8.12. The van der Waals surface area contributed by atoms with Crippen LogP contribution < -0.4 is 15.4 Å². The Balaban J connectivity index is 2.10. The van der Waals surface area contributed by atoms with Crippen molar-refractivity contribution in [3.63, 3.8) is 0 Å². The average Bonchev–Trinajstić information content (AvgIpc) is 2.41. The molecule has 1 amide bonds. The van der Waals surface area contributed by atoms with Crippen LogP contribution in [-0.2, 0) is 11.2 Å². The number of likely N-dealkylation sites (N-methyl/N-ethyl adjacent to an activating group) is 1. The Labute approximate surface area is 114 Å². The van der Waals surface area contributed by atoms with E-state index in [4.69, 9.17) is 10.5 Å². The van der Waals surface area contributed by atoms with E-state index in [0.717, 1.165) is 36.3 Å². The molecule has 0 bridgehead atoms. The lowest BCUT2D eigenvalue weighted by molar-refractivity contribution is -0.120. The summed E-state index contributed by atoms with van der Waals surface area (Å²) in [5.74, 6) is 0.757. The predicted molar refractivity (Wildman–Crippen MR) is 76.6 cm³/mol. The van der Waals surface area contributed by atoms with E-state index >= 15 is 0 Å². The molecule has 0 spiro atoms. The van der Waals surface area contributed by atoms with E-state index in [0.29, 0.717) is 0 Å². The maximum atomic E-state index is 11.6. The van der Waals surface area contributed by atoms with Crippen molar-refractivity contribution in [1.29, 1.82) is 0 Å². The Morgan fingerprint density at radius 2 is 2.26 bits per heavy atom. The molecule has 1 aromatic rings. The number of ether oxygens (including phenoxy) is 1. The number of amides is 1. The van der Waals surface area contributed by atoms with Crippen molar-refractivity contribution in [1.82, 2.24) is 0 Å². The van der Waals surface area contributed by atoms with Gasteiger partial charge in [-0.2, -0.15) is 0 Å². The fraction of sp³-hybridized carbons (Fsp3) is 0.533.